The summed E-state index contributed by atoms with van der Waals surface area (Å²) in [6, 6.07) is 21.1. The third-order valence-electron chi connectivity index (χ3n) is 7.50. The molecule has 5 rings (SSSR count). The lowest BCUT2D eigenvalue weighted by atomic mass is 9.72. The summed E-state index contributed by atoms with van der Waals surface area (Å²) in [5.74, 6) is 2.06. The summed E-state index contributed by atoms with van der Waals surface area (Å²) in [6.07, 6.45) is 4.96. The predicted molar refractivity (Wildman–Crippen MR) is 170 cm³/mol. The largest absolute Gasteiger partial charge is 0.490 e. The molecule has 4 nitrogen and oxygen atoms in total. The summed E-state index contributed by atoms with van der Waals surface area (Å²) in [6.45, 7) is 9.90. The molecule has 1 heterocycles. The van der Waals surface area contributed by atoms with Crippen LogP contribution in [0.1, 0.15) is 61.2 Å². The van der Waals surface area contributed by atoms with Gasteiger partial charge in [-0.15, -0.1) is 11.3 Å². The van der Waals surface area contributed by atoms with Gasteiger partial charge in [0.25, 0.3) is 0 Å². The Balaban J connectivity index is 1.40. The van der Waals surface area contributed by atoms with Crippen LogP contribution in [0.25, 0.3) is 10.8 Å². The molecule has 39 heavy (non-hydrogen) atoms. The molecule has 1 atom stereocenters. The van der Waals surface area contributed by atoms with Crippen LogP contribution in [-0.4, -0.2) is 12.8 Å². The van der Waals surface area contributed by atoms with E-state index >= 15 is 0 Å². The first kappa shape index (κ1) is 27.7. The summed E-state index contributed by atoms with van der Waals surface area (Å²) in [4.78, 5) is 6.14. The SMILES string of the molecule is CCOc1cc(C=Nc2sc3c(c2C#N)CC[C@@H](C(C)(C)C)C3)cc(I)c1OCc1cccc2ccccc12. The number of hydrogen-bond donors (Lipinski definition) is 0. The molecule has 1 aliphatic carbocycles. The van der Waals surface area contributed by atoms with Crippen molar-refractivity contribution < 1.29 is 9.47 Å². The van der Waals surface area contributed by atoms with Crippen molar-refractivity contribution in [3.05, 3.63) is 85.3 Å². The van der Waals surface area contributed by atoms with Gasteiger partial charge in [-0.3, -0.25) is 0 Å². The fourth-order valence-corrected chi connectivity index (χ4v) is 7.29. The second-order valence-corrected chi connectivity index (χ2v) is 13.3. The molecule has 3 aromatic carbocycles. The molecule has 6 heteroatoms. The molecule has 0 saturated carbocycles. The molecule has 0 spiro atoms. The first-order valence-corrected chi connectivity index (χ1v) is 15.3. The standard InChI is InChI=1S/C33H33IN2O2S/c1-5-37-29-16-21(15-28(34)31(29)38-20-23-11-8-10-22-9-6-7-12-25(22)23)19-36-32-27(18-35)26-14-13-24(33(2,3)4)17-30(26)39-32/h6-12,15-16,19,24H,5,13-14,17,20H2,1-4H3/t24-/m1/s1. The Morgan fingerprint density at radius 2 is 1.92 bits per heavy atom. The van der Waals surface area contributed by atoms with Gasteiger partial charge in [0.05, 0.1) is 15.7 Å². The number of nitrogens with zero attached hydrogens (tertiary/aromatic N) is 2. The lowest BCUT2D eigenvalue weighted by molar-refractivity contribution is 0.218. The van der Waals surface area contributed by atoms with E-state index in [1.165, 1.54) is 21.2 Å². The third kappa shape index (κ3) is 6.00. The van der Waals surface area contributed by atoms with Gasteiger partial charge in [-0.05, 0) is 99.7 Å². The van der Waals surface area contributed by atoms with Crippen molar-refractivity contribution in [3.63, 3.8) is 0 Å². The molecule has 0 aliphatic heterocycles. The van der Waals surface area contributed by atoms with Gasteiger partial charge in [0.1, 0.15) is 17.7 Å². The highest BCUT2D eigenvalue weighted by molar-refractivity contribution is 14.1. The van der Waals surface area contributed by atoms with Gasteiger partial charge < -0.3 is 9.47 Å². The average molecular weight is 649 g/mol. The van der Waals surface area contributed by atoms with Crippen LogP contribution in [-0.2, 0) is 19.4 Å². The lowest BCUT2D eigenvalue weighted by Gasteiger charge is -2.33. The lowest BCUT2D eigenvalue weighted by Crippen LogP contribution is -2.26. The van der Waals surface area contributed by atoms with Crippen molar-refractivity contribution in [2.45, 2.75) is 53.6 Å². The van der Waals surface area contributed by atoms with Gasteiger partial charge >= 0.3 is 0 Å². The molecule has 0 amide bonds. The number of halogens is 1. The maximum atomic E-state index is 9.94. The van der Waals surface area contributed by atoms with E-state index in [4.69, 9.17) is 14.5 Å². The minimum absolute atomic E-state index is 0.266. The van der Waals surface area contributed by atoms with Crippen molar-refractivity contribution in [2.24, 2.45) is 16.3 Å². The minimum atomic E-state index is 0.266. The minimum Gasteiger partial charge on any atom is -0.490 e. The summed E-state index contributed by atoms with van der Waals surface area (Å²) in [5.41, 5.74) is 4.27. The predicted octanol–water partition coefficient (Wildman–Crippen LogP) is 9.26. The number of hydrogen-bond acceptors (Lipinski definition) is 5. The topological polar surface area (TPSA) is 54.6 Å². The number of rotatable bonds is 7. The fraction of sp³-hybridized carbons (Fsp3) is 0.333. The number of ether oxygens (including phenoxy) is 2. The van der Waals surface area contributed by atoms with Crippen LogP contribution >= 0.6 is 33.9 Å². The zero-order chi connectivity index (χ0) is 27.6. The molecule has 0 radical (unpaired) electrons. The van der Waals surface area contributed by atoms with E-state index < -0.39 is 0 Å². The van der Waals surface area contributed by atoms with Crippen LogP contribution in [0.3, 0.4) is 0 Å². The monoisotopic (exact) mass is 648 g/mol. The van der Waals surface area contributed by atoms with Crippen molar-refractivity contribution in [1.82, 2.24) is 0 Å². The molecule has 0 fully saturated rings. The van der Waals surface area contributed by atoms with E-state index in [-0.39, 0.29) is 5.41 Å². The Kier molecular flexibility index (Phi) is 8.29. The Morgan fingerprint density at radius 3 is 2.69 bits per heavy atom. The molecule has 4 aromatic rings. The van der Waals surface area contributed by atoms with Crippen molar-refractivity contribution in [3.8, 4) is 17.6 Å². The quantitative estimate of drug-likeness (QED) is 0.148. The summed E-state index contributed by atoms with van der Waals surface area (Å²) in [5, 5.41) is 13.1. The molecular weight excluding hydrogens is 615 g/mol. The van der Waals surface area contributed by atoms with Crippen molar-refractivity contribution >= 4 is 55.9 Å². The highest BCUT2D eigenvalue weighted by Gasteiger charge is 2.32. The molecule has 0 bridgehead atoms. The summed E-state index contributed by atoms with van der Waals surface area (Å²) >= 11 is 3.98. The summed E-state index contributed by atoms with van der Waals surface area (Å²) < 4.78 is 13.3. The maximum Gasteiger partial charge on any atom is 0.175 e. The molecule has 0 unspecified atom stereocenters. The van der Waals surface area contributed by atoms with Gasteiger partial charge in [-0.2, -0.15) is 5.26 Å². The van der Waals surface area contributed by atoms with E-state index in [2.05, 4.69) is 98.0 Å². The van der Waals surface area contributed by atoms with Crippen LogP contribution in [0.4, 0.5) is 5.00 Å². The first-order chi connectivity index (χ1) is 18.8. The Bertz CT molecular complexity index is 1570. The van der Waals surface area contributed by atoms with Gasteiger partial charge in [-0.25, -0.2) is 4.99 Å². The number of nitriles is 1. The molecule has 0 N–H and O–H groups in total. The number of aliphatic imine (C=N–C) groups is 1. The molecule has 0 saturated heterocycles. The van der Waals surface area contributed by atoms with Crippen molar-refractivity contribution in [1.29, 1.82) is 5.26 Å². The van der Waals surface area contributed by atoms with E-state index in [1.54, 1.807) is 11.3 Å². The van der Waals surface area contributed by atoms with E-state index in [0.717, 1.165) is 50.3 Å². The number of benzene rings is 3. The molecule has 1 aliphatic rings. The second-order valence-electron chi connectivity index (χ2n) is 11.0. The van der Waals surface area contributed by atoms with Gasteiger partial charge in [0, 0.05) is 11.1 Å². The highest BCUT2D eigenvalue weighted by atomic mass is 127. The van der Waals surface area contributed by atoms with Gasteiger partial charge in [-0.1, -0.05) is 63.2 Å². The Labute approximate surface area is 248 Å². The zero-order valence-corrected chi connectivity index (χ0v) is 25.9. The third-order valence-corrected chi connectivity index (χ3v) is 9.46. The molecular formula is C33H33IN2O2S. The normalized spacial score (nSPS) is 15.3. The number of thiophene rings is 1. The van der Waals surface area contributed by atoms with Crippen LogP contribution in [0.15, 0.2) is 59.6 Å². The van der Waals surface area contributed by atoms with Gasteiger partial charge in [0.15, 0.2) is 11.5 Å². The average Bonchev–Trinajstić information content (AvgIpc) is 3.28. The molecule has 200 valence electrons. The van der Waals surface area contributed by atoms with Gasteiger partial charge in [0.2, 0.25) is 0 Å². The van der Waals surface area contributed by atoms with Crippen LogP contribution in [0.2, 0.25) is 0 Å². The number of fused-ring (bicyclic) bond motifs is 2. The van der Waals surface area contributed by atoms with Crippen molar-refractivity contribution in [2.75, 3.05) is 6.61 Å². The summed E-state index contributed by atoms with van der Waals surface area (Å²) in [7, 11) is 0. The molecule has 1 aromatic heterocycles. The zero-order valence-electron chi connectivity index (χ0n) is 22.9. The van der Waals surface area contributed by atoms with E-state index in [9.17, 15) is 5.26 Å². The first-order valence-electron chi connectivity index (χ1n) is 13.4. The maximum absolute atomic E-state index is 9.94. The Morgan fingerprint density at radius 1 is 1.13 bits per heavy atom. The highest BCUT2D eigenvalue weighted by Crippen LogP contribution is 2.45. The van der Waals surface area contributed by atoms with Crippen LogP contribution in [0.5, 0.6) is 11.5 Å². The second kappa shape index (κ2) is 11.7. The van der Waals surface area contributed by atoms with E-state index in [0.29, 0.717) is 24.9 Å². The van der Waals surface area contributed by atoms with Crippen LogP contribution in [0, 0.1) is 26.2 Å². The van der Waals surface area contributed by atoms with E-state index in [1.807, 2.05) is 19.2 Å². The fourth-order valence-electron chi connectivity index (χ4n) is 5.28. The smallest absolute Gasteiger partial charge is 0.175 e. The van der Waals surface area contributed by atoms with Crippen LogP contribution < -0.4 is 9.47 Å². The Hall–Kier alpha value is -2.89.